The van der Waals surface area contributed by atoms with E-state index < -0.39 is 4.92 Å². The molecule has 6 nitrogen and oxygen atoms in total. The lowest BCUT2D eigenvalue weighted by Crippen LogP contribution is -2.18. The number of hydrogen-bond acceptors (Lipinski definition) is 4. The number of hydrogen-bond donors (Lipinski definition) is 1. The molecule has 0 amide bonds. The molecule has 1 aromatic carbocycles. The van der Waals surface area contributed by atoms with Crippen LogP contribution in [0.1, 0.15) is 0 Å². The number of rotatable bonds is 1. The van der Waals surface area contributed by atoms with Gasteiger partial charge in [-0.2, -0.15) is 0 Å². The molecule has 0 fully saturated rings. The van der Waals surface area contributed by atoms with Crippen molar-refractivity contribution in [2.75, 3.05) is 0 Å². The van der Waals surface area contributed by atoms with Crippen molar-refractivity contribution in [1.29, 1.82) is 0 Å². The Morgan fingerprint density at radius 1 is 1.50 bits per heavy atom. The van der Waals surface area contributed by atoms with Crippen molar-refractivity contribution < 1.29 is 4.92 Å². The second-order valence-electron chi connectivity index (χ2n) is 3.28. The summed E-state index contributed by atoms with van der Waals surface area (Å²) in [6.07, 6.45) is 0. The van der Waals surface area contributed by atoms with Crippen LogP contribution in [-0.2, 0) is 7.05 Å². The maximum absolute atomic E-state index is 11.8. The molecular weight excluding hydrogens is 230 g/mol. The second-order valence-corrected chi connectivity index (χ2v) is 3.67. The summed E-state index contributed by atoms with van der Waals surface area (Å²) in [6, 6.07) is 4.04. The van der Waals surface area contributed by atoms with E-state index in [1.807, 2.05) is 0 Å². The molecule has 2 rings (SSSR count). The van der Waals surface area contributed by atoms with Crippen molar-refractivity contribution in [3.63, 3.8) is 0 Å². The van der Waals surface area contributed by atoms with E-state index in [9.17, 15) is 14.9 Å². The van der Waals surface area contributed by atoms with Crippen molar-refractivity contribution in [2.45, 2.75) is 0 Å². The van der Waals surface area contributed by atoms with E-state index >= 15 is 0 Å². The van der Waals surface area contributed by atoms with Crippen LogP contribution in [0.2, 0.25) is 0 Å². The summed E-state index contributed by atoms with van der Waals surface area (Å²) in [6.45, 7) is 0. The molecule has 7 heteroatoms. The second kappa shape index (κ2) is 3.53. The third-order valence-corrected chi connectivity index (χ3v) is 2.67. The summed E-state index contributed by atoms with van der Waals surface area (Å²) in [5.74, 6) is 0. The zero-order valence-corrected chi connectivity index (χ0v) is 9.08. The molecule has 1 N–H and O–H groups in total. The predicted octanol–water partition coefficient (Wildman–Crippen LogP) is 1.50. The summed E-state index contributed by atoms with van der Waals surface area (Å²) in [5, 5.41) is 10.8. The molecule has 0 aliphatic rings. The molecule has 82 valence electrons. The Bertz CT molecular complexity index is 701. The number of fused-ring (bicyclic) bond motifs is 1. The number of aromatic amines is 1. The highest BCUT2D eigenvalue weighted by Gasteiger charge is 2.09. The molecule has 0 aliphatic carbocycles. The van der Waals surface area contributed by atoms with Gasteiger partial charge in [-0.1, -0.05) is 0 Å². The third kappa shape index (κ3) is 1.50. The van der Waals surface area contributed by atoms with Gasteiger partial charge in [-0.3, -0.25) is 19.5 Å². The van der Waals surface area contributed by atoms with Gasteiger partial charge in [0.1, 0.15) is 0 Å². The van der Waals surface area contributed by atoms with Crippen LogP contribution in [0.3, 0.4) is 0 Å². The molecule has 0 bridgehead atoms. The van der Waals surface area contributed by atoms with Gasteiger partial charge < -0.3 is 4.98 Å². The topological polar surface area (TPSA) is 80.9 Å². The molecule has 0 aliphatic heterocycles. The number of nitro groups is 1. The fourth-order valence-electron chi connectivity index (χ4n) is 1.40. The minimum atomic E-state index is -0.541. The SMILES string of the molecule is Cn1c(=S)[nH]c2ccc([N+](=O)[O-])cc2c1=O. The van der Waals surface area contributed by atoms with E-state index in [1.165, 1.54) is 29.8 Å². The number of benzene rings is 1. The highest BCUT2D eigenvalue weighted by atomic mass is 32.1. The Kier molecular flexibility index (Phi) is 2.31. The molecule has 1 aromatic heterocycles. The number of aromatic nitrogens is 2. The van der Waals surface area contributed by atoms with E-state index in [1.54, 1.807) is 0 Å². The molecule has 0 saturated heterocycles. The number of nitro benzene ring substituents is 1. The summed E-state index contributed by atoms with van der Waals surface area (Å²) < 4.78 is 1.52. The lowest BCUT2D eigenvalue weighted by atomic mass is 10.2. The first-order chi connectivity index (χ1) is 7.50. The van der Waals surface area contributed by atoms with Crippen LogP contribution in [0.25, 0.3) is 10.9 Å². The smallest absolute Gasteiger partial charge is 0.270 e. The Morgan fingerprint density at radius 3 is 2.81 bits per heavy atom. The van der Waals surface area contributed by atoms with Crippen molar-refractivity contribution >= 4 is 28.8 Å². The van der Waals surface area contributed by atoms with Gasteiger partial charge >= 0.3 is 0 Å². The zero-order chi connectivity index (χ0) is 11.9. The number of nitrogens with zero attached hydrogens (tertiary/aromatic N) is 2. The van der Waals surface area contributed by atoms with Crippen LogP contribution in [-0.4, -0.2) is 14.5 Å². The maximum atomic E-state index is 11.8. The molecule has 16 heavy (non-hydrogen) atoms. The van der Waals surface area contributed by atoms with Crippen molar-refractivity contribution in [3.05, 3.63) is 43.4 Å². The monoisotopic (exact) mass is 237 g/mol. The summed E-state index contributed by atoms with van der Waals surface area (Å²) in [4.78, 5) is 24.6. The first kappa shape index (κ1) is 10.5. The fraction of sp³-hybridized carbons (Fsp3) is 0.111. The Hall–Kier alpha value is -2.02. The van der Waals surface area contributed by atoms with Gasteiger partial charge in [0.2, 0.25) is 0 Å². The van der Waals surface area contributed by atoms with Gasteiger partial charge in [0.15, 0.2) is 4.77 Å². The van der Waals surface area contributed by atoms with Crippen molar-refractivity contribution in [1.82, 2.24) is 9.55 Å². The predicted molar refractivity (Wildman–Crippen MR) is 61.0 cm³/mol. The quantitative estimate of drug-likeness (QED) is 0.463. The van der Waals surface area contributed by atoms with E-state index in [0.717, 1.165) is 0 Å². The Labute approximate surface area is 94.3 Å². The average molecular weight is 237 g/mol. The number of non-ortho nitro benzene ring substituents is 1. The van der Waals surface area contributed by atoms with E-state index in [2.05, 4.69) is 4.98 Å². The van der Waals surface area contributed by atoms with Crippen LogP contribution in [0, 0.1) is 14.9 Å². The van der Waals surface area contributed by atoms with Gasteiger partial charge in [-0.05, 0) is 18.3 Å². The molecule has 0 atom stereocenters. The number of nitrogens with one attached hydrogen (secondary N) is 1. The van der Waals surface area contributed by atoms with E-state index in [0.29, 0.717) is 5.52 Å². The van der Waals surface area contributed by atoms with Gasteiger partial charge in [0, 0.05) is 19.2 Å². The standard InChI is InChI=1S/C9H7N3O3S/c1-11-8(13)6-4-5(12(14)15)2-3-7(6)10-9(11)16/h2-4H,1H3,(H,10,16). The molecule has 0 radical (unpaired) electrons. The third-order valence-electron chi connectivity index (χ3n) is 2.30. The molecule has 0 unspecified atom stereocenters. The Morgan fingerprint density at radius 2 is 2.19 bits per heavy atom. The summed E-state index contributed by atoms with van der Waals surface area (Å²) in [5.41, 5.74) is 0.0382. The molecule has 0 saturated carbocycles. The van der Waals surface area contributed by atoms with Gasteiger partial charge in [0.25, 0.3) is 11.2 Å². The van der Waals surface area contributed by atoms with Crippen molar-refractivity contribution in [3.8, 4) is 0 Å². The van der Waals surface area contributed by atoms with E-state index in [4.69, 9.17) is 12.2 Å². The summed E-state index contributed by atoms with van der Waals surface area (Å²) in [7, 11) is 1.51. The van der Waals surface area contributed by atoms with Crippen LogP contribution >= 0.6 is 12.2 Å². The first-order valence-corrected chi connectivity index (χ1v) is 4.79. The highest BCUT2D eigenvalue weighted by Crippen LogP contribution is 2.16. The largest absolute Gasteiger partial charge is 0.332 e. The number of H-pyrrole nitrogens is 1. The lowest BCUT2D eigenvalue weighted by Gasteiger charge is -2.01. The normalized spacial score (nSPS) is 10.6. The molecular formula is C9H7N3O3S. The van der Waals surface area contributed by atoms with Crippen LogP contribution in [0.15, 0.2) is 23.0 Å². The van der Waals surface area contributed by atoms with Crippen LogP contribution < -0.4 is 5.56 Å². The van der Waals surface area contributed by atoms with Crippen LogP contribution in [0.5, 0.6) is 0 Å². The molecule has 0 spiro atoms. The first-order valence-electron chi connectivity index (χ1n) is 4.38. The van der Waals surface area contributed by atoms with Gasteiger partial charge in [-0.25, -0.2) is 0 Å². The Balaban J connectivity index is 2.94. The van der Waals surface area contributed by atoms with Gasteiger partial charge in [-0.15, -0.1) is 0 Å². The summed E-state index contributed by atoms with van der Waals surface area (Å²) >= 11 is 4.93. The van der Waals surface area contributed by atoms with Crippen molar-refractivity contribution in [2.24, 2.45) is 7.05 Å². The van der Waals surface area contributed by atoms with Crippen LogP contribution in [0.4, 0.5) is 5.69 Å². The van der Waals surface area contributed by atoms with E-state index in [-0.39, 0.29) is 21.4 Å². The average Bonchev–Trinajstić information content (AvgIpc) is 2.25. The zero-order valence-electron chi connectivity index (χ0n) is 8.26. The molecule has 2 aromatic rings. The fourth-order valence-corrected chi connectivity index (χ4v) is 1.60. The minimum Gasteiger partial charge on any atom is -0.332 e. The lowest BCUT2D eigenvalue weighted by molar-refractivity contribution is -0.384. The highest BCUT2D eigenvalue weighted by molar-refractivity contribution is 7.71. The molecule has 1 heterocycles. The van der Waals surface area contributed by atoms with Gasteiger partial charge in [0.05, 0.1) is 15.8 Å². The maximum Gasteiger partial charge on any atom is 0.270 e. The minimum absolute atomic E-state index is 0.116.